The smallest absolute Gasteiger partial charge is 0.252 e. The summed E-state index contributed by atoms with van der Waals surface area (Å²) in [5, 5.41) is 7.73. The second-order valence-electron chi connectivity index (χ2n) is 8.01. The highest BCUT2D eigenvalue weighted by Crippen LogP contribution is 2.23. The lowest BCUT2D eigenvalue weighted by Crippen LogP contribution is -2.29. The Morgan fingerprint density at radius 1 is 0.871 bits per heavy atom. The van der Waals surface area contributed by atoms with Crippen LogP contribution in [0.2, 0.25) is 0 Å². The largest absolute Gasteiger partial charge is 0.341 e. The summed E-state index contributed by atoms with van der Waals surface area (Å²) in [6.07, 6.45) is 0. The van der Waals surface area contributed by atoms with Gasteiger partial charge in [0.05, 0.1) is 18.3 Å². The Hall–Kier alpha value is -3.66. The fourth-order valence-electron chi connectivity index (χ4n) is 3.84. The Balaban J connectivity index is 1.54. The zero-order chi connectivity index (χ0) is 21.8. The monoisotopic (exact) mass is 409 g/mol. The van der Waals surface area contributed by atoms with Crippen LogP contribution in [0.5, 0.6) is 0 Å². The number of hydrogen-bond donors (Lipinski definition) is 1. The lowest BCUT2D eigenvalue weighted by Gasteiger charge is -2.20. The van der Waals surface area contributed by atoms with Gasteiger partial charge in [0.1, 0.15) is 0 Å². The number of nitrogens with zero attached hydrogens (tertiary/aromatic N) is 2. The molecule has 1 atom stereocenters. The summed E-state index contributed by atoms with van der Waals surface area (Å²) in [5.74, 6) is -0.0898. The number of benzene rings is 3. The molecule has 1 aromatic heterocycles. The first-order valence-electron chi connectivity index (χ1n) is 10.5. The first kappa shape index (κ1) is 20.6. The first-order valence-corrected chi connectivity index (χ1v) is 10.5. The third-order valence-electron chi connectivity index (χ3n) is 5.44. The standard InChI is InChI=1S/C27H27N3O/c1-19-8-7-11-25(16-19)26(23-9-5-4-6-10-23)28-27(31)24-14-12-22(13-15-24)18-30-21(3)17-20(2)29-30/h4-17,26H,18H2,1-3H3,(H,28,31)/t26-/m1/s1. The molecule has 0 aliphatic rings. The first-order chi connectivity index (χ1) is 15.0. The lowest BCUT2D eigenvalue weighted by molar-refractivity contribution is 0.0943. The Kier molecular flexibility index (Phi) is 5.99. The van der Waals surface area contributed by atoms with E-state index in [1.165, 1.54) is 5.56 Å². The van der Waals surface area contributed by atoms with E-state index >= 15 is 0 Å². The van der Waals surface area contributed by atoms with Crippen LogP contribution in [0.3, 0.4) is 0 Å². The topological polar surface area (TPSA) is 46.9 Å². The van der Waals surface area contributed by atoms with Gasteiger partial charge in [-0.2, -0.15) is 5.10 Å². The number of carbonyl (C=O) groups is 1. The van der Waals surface area contributed by atoms with E-state index < -0.39 is 0 Å². The predicted molar refractivity (Wildman–Crippen MR) is 124 cm³/mol. The van der Waals surface area contributed by atoms with Crippen molar-refractivity contribution in [2.45, 2.75) is 33.4 Å². The van der Waals surface area contributed by atoms with Crippen LogP contribution in [0.4, 0.5) is 0 Å². The second-order valence-corrected chi connectivity index (χ2v) is 8.01. The molecule has 0 bridgehead atoms. The van der Waals surface area contributed by atoms with Crippen molar-refractivity contribution in [3.05, 3.63) is 124 Å². The molecule has 0 aliphatic heterocycles. The third-order valence-corrected chi connectivity index (χ3v) is 5.44. The molecule has 0 saturated heterocycles. The van der Waals surface area contributed by atoms with Gasteiger partial charge in [-0.15, -0.1) is 0 Å². The molecule has 0 saturated carbocycles. The minimum Gasteiger partial charge on any atom is -0.341 e. The van der Waals surface area contributed by atoms with Gasteiger partial charge >= 0.3 is 0 Å². The average Bonchev–Trinajstić information content (AvgIpc) is 3.09. The van der Waals surface area contributed by atoms with Crippen LogP contribution in [-0.4, -0.2) is 15.7 Å². The number of nitrogens with one attached hydrogen (secondary N) is 1. The highest BCUT2D eigenvalue weighted by atomic mass is 16.1. The summed E-state index contributed by atoms with van der Waals surface area (Å²) in [6.45, 7) is 6.80. The number of amides is 1. The molecule has 0 fully saturated rings. The summed E-state index contributed by atoms with van der Waals surface area (Å²) in [7, 11) is 0. The fourth-order valence-corrected chi connectivity index (χ4v) is 3.84. The van der Waals surface area contributed by atoms with E-state index in [2.05, 4.69) is 48.5 Å². The fraction of sp³-hybridized carbons (Fsp3) is 0.185. The minimum absolute atomic E-state index is 0.0898. The van der Waals surface area contributed by atoms with Crippen LogP contribution in [0, 0.1) is 20.8 Å². The van der Waals surface area contributed by atoms with E-state index in [-0.39, 0.29) is 11.9 Å². The van der Waals surface area contributed by atoms with Crippen molar-refractivity contribution in [1.29, 1.82) is 0 Å². The molecule has 4 nitrogen and oxygen atoms in total. The van der Waals surface area contributed by atoms with Crippen molar-refractivity contribution in [3.63, 3.8) is 0 Å². The van der Waals surface area contributed by atoms with Crippen LogP contribution in [0.25, 0.3) is 0 Å². The van der Waals surface area contributed by atoms with Gasteiger partial charge in [-0.25, -0.2) is 0 Å². The summed E-state index contributed by atoms with van der Waals surface area (Å²) < 4.78 is 1.98. The van der Waals surface area contributed by atoms with Crippen LogP contribution < -0.4 is 5.32 Å². The Labute approximate surface area is 183 Å². The number of carbonyl (C=O) groups excluding carboxylic acids is 1. The van der Waals surface area contributed by atoms with Crippen molar-refractivity contribution in [3.8, 4) is 0 Å². The molecular weight excluding hydrogens is 382 g/mol. The van der Waals surface area contributed by atoms with E-state index in [0.717, 1.165) is 28.1 Å². The molecule has 3 aromatic carbocycles. The van der Waals surface area contributed by atoms with E-state index in [0.29, 0.717) is 12.1 Å². The maximum Gasteiger partial charge on any atom is 0.252 e. The molecule has 4 aromatic rings. The maximum absolute atomic E-state index is 13.1. The average molecular weight is 410 g/mol. The number of aromatic nitrogens is 2. The molecule has 156 valence electrons. The molecule has 0 unspecified atom stereocenters. The molecule has 4 rings (SSSR count). The van der Waals surface area contributed by atoms with Crippen LogP contribution in [0.15, 0.2) is 84.9 Å². The lowest BCUT2D eigenvalue weighted by atomic mass is 9.97. The maximum atomic E-state index is 13.1. The highest BCUT2D eigenvalue weighted by Gasteiger charge is 2.18. The van der Waals surface area contributed by atoms with Gasteiger partial charge in [-0.1, -0.05) is 72.3 Å². The minimum atomic E-state index is -0.206. The summed E-state index contributed by atoms with van der Waals surface area (Å²) in [6, 6.07) is 28.0. The zero-order valence-corrected chi connectivity index (χ0v) is 18.2. The van der Waals surface area contributed by atoms with Crippen molar-refractivity contribution in [1.82, 2.24) is 15.1 Å². The number of aryl methyl sites for hydroxylation is 3. The van der Waals surface area contributed by atoms with Crippen molar-refractivity contribution in [2.75, 3.05) is 0 Å². The molecule has 0 radical (unpaired) electrons. The Morgan fingerprint density at radius 2 is 1.58 bits per heavy atom. The van der Waals surface area contributed by atoms with Gasteiger partial charge in [0.2, 0.25) is 0 Å². The molecule has 1 heterocycles. The van der Waals surface area contributed by atoms with E-state index in [4.69, 9.17) is 0 Å². The SMILES string of the molecule is Cc1cccc([C@H](NC(=O)c2ccc(Cn3nc(C)cc3C)cc2)c2ccccc2)c1. The molecule has 1 N–H and O–H groups in total. The third kappa shape index (κ3) is 4.92. The van der Waals surface area contributed by atoms with Crippen LogP contribution in [-0.2, 0) is 6.54 Å². The van der Waals surface area contributed by atoms with Gasteiger partial charge in [0.15, 0.2) is 0 Å². The quantitative estimate of drug-likeness (QED) is 0.465. The van der Waals surface area contributed by atoms with Crippen molar-refractivity contribution >= 4 is 5.91 Å². The van der Waals surface area contributed by atoms with Crippen LogP contribution in [0.1, 0.15) is 50.0 Å². The van der Waals surface area contributed by atoms with Gasteiger partial charge in [0, 0.05) is 11.3 Å². The molecule has 0 aliphatic carbocycles. The predicted octanol–water partition coefficient (Wildman–Crippen LogP) is 5.38. The Bertz CT molecular complexity index is 1180. The van der Waals surface area contributed by atoms with Crippen molar-refractivity contribution < 1.29 is 4.79 Å². The molecule has 31 heavy (non-hydrogen) atoms. The summed E-state index contributed by atoms with van der Waals surface area (Å²) in [5.41, 5.74) is 7.19. The number of hydrogen-bond acceptors (Lipinski definition) is 2. The van der Waals surface area contributed by atoms with Gasteiger partial charge in [-0.3, -0.25) is 9.48 Å². The summed E-state index contributed by atoms with van der Waals surface area (Å²) in [4.78, 5) is 13.1. The van der Waals surface area contributed by atoms with Gasteiger partial charge in [-0.05, 0) is 55.7 Å². The molecule has 4 heteroatoms. The van der Waals surface area contributed by atoms with Gasteiger partial charge < -0.3 is 5.32 Å². The van der Waals surface area contributed by atoms with Gasteiger partial charge in [0.25, 0.3) is 5.91 Å². The summed E-state index contributed by atoms with van der Waals surface area (Å²) >= 11 is 0. The molecular formula is C27H27N3O. The second kappa shape index (κ2) is 9.00. The highest BCUT2D eigenvalue weighted by molar-refractivity contribution is 5.94. The molecule has 0 spiro atoms. The number of rotatable bonds is 6. The van der Waals surface area contributed by atoms with E-state index in [1.807, 2.05) is 72.3 Å². The van der Waals surface area contributed by atoms with E-state index in [1.54, 1.807) is 0 Å². The van der Waals surface area contributed by atoms with E-state index in [9.17, 15) is 4.79 Å². The van der Waals surface area contributed by atoms with Crippen LogP contribution >= 0.6 is 0 Å². The zero-order valence-electron chi connectivity index (χ0n) is 18.2. The Morgan fingerprint density at radius 3 is 2.23 bits per heavy atom. The van der Waals surface area contributed by atoms with Crippen molar-refractivity contribution in [2.24, 2.45) is 0 Å². The normalized spacial score (nSPS) is 11.8. The molecule has 1 amide bonds.